The predicted octanol–water partition coefficient (Wildman–Crippen LogP) is 1.80. The number of H-pyrrole nitrogens is 1. The summed E-state index contributed by atoms with van der Waals surface area (Å²) in [5, 5.41) is 7.10. The van der Waals surface area contributed by atoms with Gasteiger partial charge in [0.05, 0.1) is 17.9 Å². The Hall–Kier alpha value is -3.15. The number of carbonyl (C=O) groups excluding carboxylic acids is 1. The SMILES string of the molecule is Cc1ccc(C(=O)NCc2ccn(-c3ccccc3)n2)c(=O)[nH]1. The van der Waals surface area contributed by atoms with Crippen molar-refractivity contribution in [1.29, 1.82) is 0 Å². The Morgan fingerprint density at radius 2 is 1.96 bits per heavy atom. The van der Waals surface area contributed by atoms with Crippen molar-refractivity contribution in [2.75, 3.05) is 0 Å². The van der Waals surface area contributed by atoms with Crippen LogP contribution < -0.4 is 10.9 Å². The Balaban J connectivity index is 1.68. The molecule has 23 heavy (non-hydrogen) atoms. The van der Waals surface area contributed by atoms with Gasteiger partial charge in [0.25, 0.3) is 11.5 Å². The molecule has 6 heteroatoms. The third-order valence-electron chi connectivity index (χ3n) is 3.40. The second-order valence-electron chi connectivity index (χ2n) is 5.15. The molecule has 0 spiro atoms. The van der Waals surface area contributed by atoms with E-state index in [-0.39, 0.29) is 12.1 Å². The lowest BCUT2D eigenvalue weighted by Gasteiger charge is -2.03. The molecule has 2 heterocycles. The van der Waals surface area contributed by atoms with Crippen LogP contribution in [0.2, 0.25) is 0 Å². The van der Waals surface area contributed by atoms with Crippen LogP contribution in [0.25, 0.3) is 5.69 Å². The van der Waals surface area contributed by atoms with Gasteiger partial charge in [-0.3, -0.25) is 9.59 Å². The average molecular weight is 308 g/mol. The third-order valence-corrected chi connectivity index (χ3v) is 3.40. The van der Waals surface area contributed by atoms with Gasteiger partial charge in [0, 0.05) is 11.9 Å². The number of aromatic nitrogens is 3. The van der Waals surface area contributed by atoms with Crippen molar-refractivity contribution in [1.82, 2.24) is 20.1 Å². The van der Waals surface area contributed by atoms with Crippen molar-refractivity contribution in [2.45, 2.75) is 13.5 Å². The van der Waals surface area contributed by atoms with E-state index in [9.17, 15) is 9.59 Å². The minimum atomic E-state index is -0.416. The normalized spacial score (nSPS) is 10.5. The zero-order chi connectivity index (χ0) is 16.2. The highest BCUT2D eigenvalue weighted by molar-refractivity contribution is 5.93. The quantitative estimate of drug-likeness (QED) is 0.771. The molecule has 0 unspecified atom stereocenters. The molecule has 2 N–H and O–H groups in total. The fourth-order valence-electron chi connectivity index (χ4n) is 2.20. The van der Waals surface area contributed by atoms with Crippen molar-refractivity contribution in [3.8, 4) is 5.69 Å². The van der Waals surface area contributed by atoms with E-state index < -0.39 is 11.5 Å². The Morgan fingerprint density at radius 1 is 1.17 bits per heavy atom. The minimum Gasteiger partial charge on any atom is -0.346 e. The number of amides is 1. The van der Waals surface area contributed by atoms with Crippen LogP contribution in [-0.4, -0.2) is 20.7 Å². The van der Waals surface area contributed by atoms with Gasteiger partial charge in [-0.05, 0) is 37.3 Å². The Bertz CT molecular complexity index is 881. The number of hydrogen-bond donors (Lipinski definition) is 2. The van der Waals surface area contributed by atoms with Gasteiger partial charge in [-0.2, -0.15) is 5.10 Å². The van der Waals surface area contributed by atoms with E-state index in [0.29, 0.717) is 11.4 Å². The third kappa shape index (κ3) is 3.37. The van der Waals surface area contributed by atoms with Crippen LogP contribution in [0.3, 0.4) is 0 Å². The number of benzene rings is 1. The maximum atomic E-state index is 12.1. The number of nitrogens with zero attached hydrogens (tertiary/aromatic N) is 2. The second kappa shape index (κ2) is 6.31. The summed E-state index contributed by atoms with van der Waals surface area (Å²) < 4.78 is 1.74. The Morgan fingerprint density at radius 3 is 2.70 bits per heavy atom. The summed E-state index contributed by atoms with van der Waals surface area (Å²) in [6.45, 7) is 2.02. The maximum Gasteiger partial charge on any atom is 0.260 e. The summed E-state index contributed by atoms with van der Waals surface area (Å²) >= 11 is 0. The van der Waals surface area contributed by atoms with Gasteiger partial charge in [-0.15, -0.1) is 0 Å². The van der Waals surface area contributed by atoms with E-state index in [1.54, 1.807) is 17.7 Å². The second-order valence-corrected chi connectivity index (χ2v) is 5.15. The lowest BCUT2D eigenvalue weighted by Crippen LogP contribution is -2.29. The van der Waals surface area contributed by atoms with Gasteiger partial charge in [0.15, 0.2) is 0 Å². The first-order valence-electron chi connectivity index (χ1n) is 7.21. The molecule has 0 aliphatic rings. The zero-order valence-corrected chi connectivity index (χ0v) is 12.6. The van der Waals surface area contributed by atoms with Crippen LogP contribution in [0, 0.1) is 6.92 Å². The van der Waals surface area contributed by atoms with Crippen LogP contribution in [0.5, 0.6) is 0 Å². The molecule has 3 aromatic rings. The maximum absolute atomic E-state index is 12.1. The molecule has 2 aromatic heterocycles. The van der Waals surface area contributed by atoms with Crippen LogP contribution in [0.1, 0.15) is 21.7 Å². The summed E-state index contributed by atoms with van der Waals surface area (Å²) in [7, 11) is 0. The lowest BCUT2D eigenvalue weighted by molar-refractivity contribution is 0.0949. The Kier molecular flexibility index (Phi) is 4.05. The van der Waals surface area contributed by atoms with Gasteiger partial charge in [0.2, 0.25) is 0 Å². The van der Waals surface area contributed by atoms with E-state index in [1.165, 1.54) is 6.07 Å². The van der Waals surface area contributed by atoms with Crippen molar-refractivity contribution in [3.05, 3.63) is 82.0 Å². The largest absolute Gasteiger partial charge is 0.346 e. The van der Waals surface area contributed by atoms with Crippen molar-refractivity contribution < 1.29 is 4.79 Å². The molecule has 0 bridgehead atoms. The first-order valence-corrected chi connectivity index (χ1v) is 7.21. The number of carbonyl (C=O) groups is 1. The number of aromatic amines is 1. The van der Waals surface area contributed by atoms with Crippen molar-refractivity contribution in [3.63, 3.8) is 0 Å². The lowest BCUT2D eigenvalue weighted by atomic mass is 10.2. The van der Waals surface area contributed by atoms with E-state index in [1.807, 2.05) is 42.6 Å². The van der Waals surface area contributed by atoms with Gasteiger partial charge in [-0.25, -0.2) is 4.68 Å². The summed E-state index contributed by atoms with van der Waals surface area (Å²) in [6, 6.07) is 14.7. The summed E-state index contributed by atoms with van der Waals surface area (Å²) in [6.07, 6.45) is 1.83. The first kappa shape index (κ1) is 14.8. The van der Waals surface area contributed by atoms with Gasteiger partial charge in [-0.1, -0.05) is 18.2 Å². The molecule has 6 nitrogen and oxygen atoms in total. The molecule has 0 saturated carbocycles. The van der Waals surface area contributed by atoms with Crippen molar-refractivity contribution >= 4 is 5.91 Å². The predicted molar refractivity (Wildman–Crippen MR) is 86.5 cm³/mol. The standard InChI is InChI=1S/C17H16N4O2/c1-12-7-8-15(17(23)19-12)16(22)18-11-13-9-10-21(20-13)14-5-3-2-4-6-14/h2-10H,11H2,1H3,(H,18,22)(H,19,23). The van der Waals surface area contributed by atoms with Gasteiger partial charge in [0.1, 0.15) is 5.56 Å². The number of nitrogens with one attached hydrogen (secondary N) is 2. The molecule has 1 amide bonds. The van der Waals surface area contributed by atoms with E-state index in [2.05, 4.69) is 15.4 Å². The smallest absolute Gasteiger partial charge is 0.260 e. The summed E-state index contributed by atoms with van der Waals surface area (Å²) in [5.41, 5.74) is 2.08. The fraction of sp³-hybridized carbons (Fsp3) is 0.118. The molecule has 3 rings (SSSR count). The molecular weight excluding hydrogens is 292 g/mol. The topological polar surface area (TPSA) is 79.8 Å². The van der Waals surface area contributed by atoms with E-state index >= 15 is 0 Å². The first-order chi connectivity index (χ1) is 11.1. The Labute approximate surface area is 132 Å². The molecule has 0 fully saturated rings. The van der Waals surface area contributed by atoms with Crippen LogP contribution in [-0.2, 0) is 6.54 Å². The highest BCUT2D eigenvalue weighted by Gasteiger charge is 2.10. The van der Waals surface area contributed by atoms with Crippen LogP contribution in [0.15, 0.2) is 59.5 Å². The molecule has 0 atom stereocenters. The van der Waals surface area contributed by atoms with Crippen molar-refractivity contribution in [2.24, 2.45) is 0 Å². The molecule has 0 saturated heterocycles. The molecule has 0 aliphatic carbocycles. The van der Waals surface area contributed by atoms with Gasteiger partial charge < -0.3 is 10.3 Å². The number of pyridine rings is 1. The number of rotatable bonds is 4. The molecule has 116 valence electrons. The molecule has 0 aliphatic heterocycles. The monoisotopic (exact) mass is 308 g/mol. The molecular formula is C17H16N4O2. The van der Waals surface area contributed by atoms with Crippen LogP contribution >= 0.6 is 0 Å². The summed E-state index contributed by atoms with van der Waals surface area (Å²) in [5.74, 6) is -0.416. The zero-order valence-electron chi connectivity index (χ0n) is 12.6. The van der Waals surface area contributed by atoms with Crippen LogP contribution in [0.4, 0.5) is 0 Å². The molecule has 0 radical (unpaired) electrons. The fourth-order valence-corrected chi connectivity index (χ4v) is 2.20. The number of para-hydroxylation sites is 1. The highest BCUT2D eigenvalue weighted by atomic mass is 16.2. The average Bonchev–Trinajstić information content (AvgIpc) is 3.02. The number of aryl methyl sites for hydroxylation is 1. The van der Waals surface area contributed by atoms with E-state index in [0.717, 1.165) is 5.69 Å². The van der Waals surface area contributed by atoms with E-state index in [4.69, 9.17) is 0 Å². The number of hydrogen-bond acceptors (Lipinski definition) is 3. The summed E-state index contributed by atoms with van der Waals surface area (Å²) in [4.78, 5) is 26.4. The minimum absolute atomic E-state index is 0.0955. The molecule has 1 aromatic carbocycles. The highest BCUT2D eigenvalue weighted by Crippen LogP contribution is 2.06. The van der Waals surface area contributed by atoms with Gasteiger partial charge >= 0.3 is 0 Å².